The Labute approximate surface area is 273 Å². The van der Waals surface area contributed by atoms with Gasteiger partial charge in [0.25, 0.3) is 5.91 Å². The summed E-state index contributed by atoms with van der Waals surface area (Å²) in [4.78, 5) is 27.8. The molecule has 10 heteroatoms. The molecule has 0 aliphatic carbocycles. The van der Waals surface area contributed by atoms with E-state index in [1.807, 2.05) is 97.6 Å². The van der Waals surface area contributed by atoms with Crippen molar-refractivity contribution < 1.29 is 63.9 Å². The molecule has 6 atom stereocenters. The third-order valence-electron chi connectivity index (χ3n) is 9.00. The first-order valence-electron chi connectivity index (χ1n) is 14.4. The molecule has 43 heavy (non-hydrogen) atoms. The van der Waals surface area contributed by atoms with Gasteiger partial charge in [-0.2, -0.15) is 0 Å². The van der Waals surface area contributed by atoms with Gasteiger partial charge in [-0.1, -0.05) is 92.7 Å². The molecular formula is C33H35N2NaO7. The van der Waals surface area contributed by atoms with E-state index < -0.39 is 59.1 Å². The van der Waals surface area contributed by atoms with Crippen LogP contribution in [0.25, 0.3) is 0 Å². The standard InChI is InChI=1S/C33H36N2O7.Na/c1-22(2)33-31(29(39)34-25-16-10-5-11-17-25)30(42-31,23-12-6-3-7-13-23)32(40,24-14-8-4-9-15-24)35(33)19-18-27(41-33)20-26(36)21-28(37)38;/h3-17,22,26-27,36,40H,18-21H2,1-2H3,(H,34,39)(H,37,38);/q;+1/p-1/t26-,27?,30?,31?,32?,33?;/m1./s1. The number of carboxylic acids is 1. The summed E-state index contributed by atoms with van der Waals surface area (Å²) in [6.07, 6.45) is -1.94. The maximum Gasteiger partial charge on any atom is 1.00 e. The molecule has 3 fully saturated rings. The van der Waals surface area contributed by atoms with Gasteiger partial charge in [0.05, 0.1) is 12.2 Å². The molecule has 6 rings (SSSR count). The smallest absolute Gasteiger partial charge is 0.550 e. The number of carboxylic acid groups (broad SMARTS) is 1. The molecular weight excluding hydrogens is 559 g/mol. The number of nitrogens with zero attached hydrogens (tertiary/aromatic N) is 1. The van der Waals surface area contributed by atoms with Crippen molar-refractivity contribution in [2.24, 2.45) is 5.92 Å². The van der Waals surface area contributed by atoms with Crippen molar-refractivity contribution in [1.82, 2.24) is 4.90 Å². The number of carbonyl (C=O) groups excluding carboxylic acids is 2. The van der Waals surface area contributed by atoms with Crippen LogP contribution in [0, 0.1) is 5.92 Å². The van der Waals surface area contributed by atoms with Gasteiger partial charge < -0.3 is 34.9 Å². The maximum atomic E-state index is 14.7. The van der Waals surface area contributed by atoms with Crippen LogP contribution in [0.3, 0.4) is 0 Å². The third-order valence-corrected chi connectivity index (χ3v) is 9.00. The molecule has 5 unspecified atom stereocenters. The van der Waals surface area contributed by atoms with Crippen molar-refractivity contribution in [3.8, 4) is 0 Å². The number of aliphatic hydroxyl groups excluding tert-OH is 1. The van der Waals surface area contributed by atoms with Gasteiger partial charge in [-0.05, 0) is 36.5 Å². The topological polar surface area (TPSA) is 135 Å². The number of aliphatic hydroxyl groups is 2. The Balaban J connectivity index is 0.00000368. The van der Waals surface area contributed by atoms with Crippen LogP contribution in [0.5, 0.6) is 0 Å². The number of carbonyl (C=O) groups is 2. The number of hydrogen-bond donors (Lipinski definition) is 3. The van der Waals surface area contributed by atoms with Crippen molar-refractivity contribution in [3.05, 3.63) is 102 Å². The molecule has 0 saturated carbocycles. The van der Waals surface area contributed by atoms with Crippen LogP contribution >= 0.6 is 0 Å². The summed E-state index contributed by atoms with van der Waals surface area (Å²) in [6.45, 7) is 4.13. The second-order valence-corrected chi connectivity index (χ2v) is 11.7. The average Bonchev–Trinajstić information content (AvgIpc) is 3.67. The normalized spacial score (nSPS) is 31.8. The van der Waals surface area contributed by atoms with Crippen molar-refractivity contribution in [2.45, 2.75) is 68.0 Å². The molecule has 0 aromatic heterocycles. The molecule has 220 valence electrons. The van der Waals surface area contributed by atoms with E-state index in [1.165, 1.54) is 0 Å². The Hall–Kier alpha value is -2.60. The van der Waals surface area contributed by atoms with Gasteiger partial charge in [0.15, 0.2) is 17.1 Å². The minimum absolute atomic E-state index is 0. The van der Waals surface area contributed by atoms with Gasteiger partial charge in [0, 0.05) is 30.2 Å². The van der Waals surface area contributed by atoms with Gasteiger partial charge in [-0.15, -0.1) is 0 Å². The minimum Gasteiger partial charge on any atom is -0.550 e. The average molecular weight is 595 g/mol. The molecule has 3 aliphatic rings. The number of nitrogens with one attached hydrogen (secondary N) is 1. The zero-order valence-electron chi connectivity index (χ0n) is 24.6. The fourth-order valence-corrected chi connectivity index (χ4v) is 7.40. The predicted molar refractivity (Wildman–Crippen MR) is 151 cm³/mol. The van der Waals surface area contributed by atoms with E-state index >= 15 is 0 Å². The van der Waals surface area contributed by atoms with E-state index in [9.17, 15) is 24.9 Å². The van der Waals surface area contributed by atoms with Crippen molar-refractivity contribution in [2.75, 3.05) is 11.9 Å². The largest absolute Gasteiger partial charge is 1.00 e. The first-order valence-corrected chi connectivity index (χ1v) is 14.4. The number of aliphatic carboxylic acids is 1. The quantitative estimate of drug-likeness (QED) is 0.223. The fraction of sp³-hybridized carbons (Fsp3) is 0.394. The molecule has 3 saturated heterocycles. The Kier molecular flexibility index (Phi) is 8.67. The second-order valence-electron chi connectivity index (χ2n) is 11.7. The monoisotopic (exact) mass is 594 g/mol. The maximum absolute atomic E-state index is 14.7. The van der Waals surface area contributed by atoms with Gasteiger partial charge in [-0.3, -0.25) is 4.79 Å². The molecule has 0 radical (unpaired) electrons. The van der Waals surface area contributed by atoms with Crippen molar-refractivity contribution in [1.29, 1.82) is 0 Å². The SMILES string of the molecule is CC(C)C12OC(C[C@@H](O)CC(=O)[O-])CCN1C(O)(c1ccccc1)C1(c3ccccc3)OC21C(=O)Nc1ccccc1.[Na+]. The molecule has 3 aromatic carbocycles. The summed E-state index contributed by atoms with van der Waals surface area (Å²) in [6, 6.07) is 27.4. The Morgan fingerprint density at radius 3 is 2.09 bits per heavy atom. The summed E-state index contributed by atoms with van der Waals surface area (Å²) in [5, 5.41) is 37.9. The van der Waals surface area contributed by atoms with Crippen LogP contribution in [0.1, 0.15) is 44.2 Å². The van der Waals surface area contributed by atoms with Gasteiger partial charge in [0.2, 0.25) is 5.60 Å². The summed E-state index contributed by atoms with van der Waals surface area (Å²) >= 11 is 0. The van der Waals surface area contributed by atoms with Crippen molar-refractivity contribution in [3.63, 3.8) is 0 Å². The number of amides is 1. The Bertz CT molecular complexity index is 1460. The van der Waals surface area contributed by atoms with Crippen LogP contribution in [-0.4, -0.2) is 57.1 Å². The van der Waals surface area contributed by atoms with Gasteiger partial charge >= 0.3 is 29.6 Å². The molecule has 3 aliphatic heterocycles. The number of benzene rings is 3. The number of para-hydroxylation sites is 1. The third kappa shape index (κ3) is 4.52. The molecule has 0 spiro atoms. The minimum atomic E-state index is -1.83. The van der Waals surface area contributed by atoms with Crippen LogP contribution in [0.4, 0.5) is 5.69 Å². The summed E-state index contributed by atoms with van der Waals surface area (Å²) in [5.74, 6) is -2.23. The summed E-state index contributed by atoms with van der Waals surface area (Å²) < 4.78 is 13.7. The number of ether oxygens (including phenoxy) is 2. The van der Waals surface area contributed by atoms with Crippen LogP contribution in [-0.2, 0) is 30.4 Å². The molecule has 1 amide bonds. The number of epoxide rings is 1. The summed E-state index contributed by atoms with van der Waals surface area (Å²) in [5.41, 5.74) is -4.90. The second kappa shape index (κ2) is 11.7. The van der Waals surface area contributed by atoms with E-state index in [-0.39, 0.29) is 36.0 Å². The number of anilines is 1. The predicted octanol–water partition coefficient (Wildman–Crippen LogP) is -0.513. The fourth-order valence-electron chi connectivity index (χ4n) is 7.40. The first kappa shape index (κ1) is 31.8. The van der Waals surface area contributed by atoms with Crippen LogP contribution in [0.15, 0.2) is 91.0 Å². The summed E-state index contributed by atoms with van der Waals surface area (Å²) in [7, 11) is 0. The molecule has 3 N–H and O–H groups in total. The zero-order chi connectivity index (χ0) is 29.8. The number of hydrogen-bond acceptors (Lipinski definition) is 8. The Morgan fingerprint density at radius 1 is 0.977 bits per heavy atom. The van der Waals surface area contributed by atoms with E-state index in [1.54, 1.807) is 12.1 Å². The van der Waals surface area contributed by atoms with E-state index in [0.717, 1.165) is 0 Å². The molecule has 9 nitrogen and oxygen atoms in total. The van der Waals surface area contributed by atoms with E-state index in [2.05, 4.69) is 5.32 Å². The van der Waals surface area contributed by atoms with Crippen LogP contribution < -0.4 is 40.0 Å². The van der Waals surface area contributed by atoms with Gasteiger partial charge in [-0.25, -0.2) is 4.90 Å². The number of fused-ring (bicyclic) bond motifs is 3. The zero-order valence-corrected chi connectivity index (χ0v) is 26.6. The van der Waals surface area contributed by atoms with E-state index in [0.29, 0.717) is 29.8 Å². The van der Waals surface area contributed by atoms with Gasteiger partial charge in [0.1, 0.15) is 0 Å². The Morgan fingerprint density at radius 2 is 1.53 bits per heavy atom. The van der Waals surface area contributed by atoms with Crippen LogP contribution in [0.2, 0.25) is 0 Å². The molecule has 3 aromatic rings. The molecule has 3 heterocycles. The van der Waals surface area contributed by atoms with E-state index in [4.69, 9.17) is 9.47 Å². The first-order chi connectivity index (χ1) is 20.1. The molecule has 0 bridgehead atoms. The number of rotatable bonds is 9. The number of morpholine rings is 1. The van der Waals surface area contributed by atoms with Crippen molar-refractivity contribution >= 4 is 17.6 Å².